The summed E-state index contributed by atoms with van der Waals surface area (Å²) in [6.07, 6.45) is 1.13. The van der Waals surface area contributed by atoms with Crippen LogP contribution in [-0.4, -0.2) is 41.9 Å². The van der Waals surface area contributed by atoms with Gasteiger partial charge in [0, 0.05) is 31.7 Å². The molecule has 0 spiro atoms. The number of anilines is 1. The number of halogens is 2. The lowest BCUT2D eigenvalue weighted by Crippen LogP contribution is -2.45. The van der Waals surface area contributed by atoms with Crippen molar-refractivity contribution in [3.05, 3.63) is 65.7 Å². The summed E-state index contributed by atoms with van der Waals surface area (Å²) in [7, 11) is 1.67. The second-order valence-corrected chi connectivity index (χ2v) is 7.36. The summed E-state index contributed by atoms with van der Waals surface area (Å²) in [6, 6.07) is 12.4. The number of piperidine rings is 1. The molecule has 2 aromatic rings. The second kappa shape index (κ2) is 9.03. The van der Waals surface area contributed by atoms with Gasteiger partial charge >= 0.3 is 6.03 Å². The van der Waals surface area contributed by atoms with Gasteiger partial charge in [0.1, 0.15) is 0 Å². The predicted octanol–water partition coefficient (Wildman–Crippen LogP) is 4.43. The highest BCUT2D eigenvalue weighted by atomic mass is 19.2. The van der Waals surface area contributed by atoms with Crippen molar-refractivity contribution in [3.63, 3.8) is 0 Å². The van der Waals surface area contributed by atoms with Crippen LogP contribution in [0.1, 0.15) is 31.4 Å². The maximum Gasteiger partial charge on any atom is 0.321 e. The minimum atomic E-state index is -0.923. The van der Waals surface area contributed by atoms with Gasteiger partial charge in [-0.25, -0.2) is 13.6 Å². The van der Waals surface area contributed by atoms with Gasteiger partial charge in [-0.05, 0) is 49.6 Å². The molecule has 2 aromatic carbocycles. The fourth-order valence-corrected chi connectivity index (χ4v) is 3.53. The number of carbonyl (C=O) groups excluding carboxylic acids is 2. The first-order valence-corrected chi connectivity index (χ1v) is 9.69. The van der Waals surface area contributed by atoms with Gasteiger partial charge in [0.25, 0.3) is 0 Å². The van der Waals surface area contributed by atoms with E-state index < -0.39 is 11.6 Å². The Labute approximate surface area is 169 Å². The van der Waals surface area contributed by atoms with Crippen molar-refractivity contribution in [2.45, 2.75) is 25.8 Å². The fourth-order valence-electron chi connectivity index (χ4n) is 3.53. The number of hydrogen-bond donors (Lipinski definition) is 1. The molecule has 154 valence electrons. The van der Waals surface area contributed by atoms with Crippen molar-refractivity contribution in [1.29, 1.82) is 0 Å². The van der Waals surface area contributed by atoms with Crippen molar-refractivity contribution in [2.24, 2.45) is 5.92 Å². The van der Waals surface area contributed by atoms with Gasteiger partial charge in [-0.3, -0.25) is 4.79 Å². The first-order valence-electron chi connectivity index (χ1n) is 9.69. The van der Waals surface area contributed by atoms with Crippen molar-refractivity contribution in [1.82, 2.24) is 9.80 Å². The van der Waals surface area contributed by atoms with E-state index in [1.54, 1.807) is 23.8 Å². The molecular weight excluding hydrogens is 376 g/mol. The second-order valence-electron chi connectivity index (χ2n) is 7.36. The van der Waals surface area contributed by atoms with E-state index in [1.807, 2.05) is 30.3 Å². The lowest BCUT2D eigenvalue weighted by Gasteiger charge is -2.35. The van der Waals surface area contributed by atoms with Gasteiger partial charge in [-0.2, -0.15) is 0 Å². The van der Waals surface area contributed by atoms with Crippen LogP contribution in [0, 0.1) is 17.6 Å². The lowest BCUT2D eigenvalue weighted by atomic mass is 9.94. The zero-order chi connectivity index (χ0) is 21.0. The van der Waals surface area contributed by atoms with E-state index in [1.165, 1.54) is 6.07 Å². The Hall–Kier alpha value is -2.96. The molecule has 1 fully saturated rings. The Morgan fingerprint density at radius 2 is 1.72 bits per heavy atom. The van der Waals surface area contributed by atoms with E-state index in [-0.39, 0.29) is 23.9 Å². The third kappa shape index (κ3) is 4.91. The number of hydrogen-bond acceptors (Lipinski definition) is 2. The molecule has 0 saturated carbocycles. The Morgan fingerprint density at radius 3 is 2.34 bits per heavy atom. The number of benzene rings is 2. The first kappa shape index (κ1) is 20.8. The monoisotopic (exact) mass is 401 g/mol. The number of para-hydroxylation sites is 1. The van der Waals surface area contributed by atoms with E-state index in [4.69, 9.17) is 0 Å². The summed E-state index contributed by atoms with van der Waals surface area (Å²) in [6.45, 7) is 2.76. The summed E-state index contributed by atoms with van der Waals surface area (Å²) in [5.74, 6) is -2.08. The zero-order valence-corrected chi connectivity index (χ0v) is 16.6. The van der Waals surface area contributed by atoms with Crippen molar-refractivity contribution in [2.75, 3.05) is 25.5 Å². The molecular formula is C22H25F2N3O2. The smallest absolute Gasteiger partial charge is 0.321 e. The topological polar surface area (TPSA) is 52.7 Å². The van der Waals surface area contributed by atoms with Crippen molar-refractivity contribution >= 4 is 17.6 Å². The summed E-state index contributed by atoms with van der Waals surface area (Å²) in [5, 5.41) is 2.85. The van der Waals surface area contributed by atoms with Crippen molar-refractivity contribution in [3.8, 4) is 0 Å². The van der Waals surface area contributed by atoms with Gasteiger partial charge < -0.3 is 15.1 Å². The summed E-state index contributed by atoms with van der Waals surface area (Å²) in [4.78, 5) is 28.5. The van der Waals surface area contributed by atoms with Crippen LogP contribution in [0.2, 0.25) is 0 Å². The minimum absolute atomic E-state index is 0.0506. The first-order chi connectivity index (χ1) is 13.9. The average Bonchev–Trinajstić information content (AvgIpc) is 2.75. The molecule has 0 aliphatic carbocycles. The van der Waals surface area contributed by atoms with Crippen LogP contribution >= 0.6 is 0 Å². The summed E-state index contributed by atoms with van der Waals surface area (Å²) >= 11 is 0. The molecule has 3 rings (SSSR count). The lowest BCUT2D eigenvalue weighted by molar-refractivity contribution is -0.137. The Balaban J connectivity index is 1.54. The number of carbonyl (C=O) groups is 2. The molecule has 0 bridgehead atoms. The maximum absolute atomic E-state index is 13.5. The number of amides is 3. The molecule has 1 N–H and O–H groups in total. The Bertz CT molecular complexity index is 868. The molecule has 1 saturated heterocycles. The van der Waals surface area contributed by atoms with Crippen LogP contribution in [0.5, 0.6) is 0 Å². The van der Waals surface area contributed by atoms with Gasteiger partial charge in [-0.15, -0.1) is 0 Å². The molecule has 0 aromatic heterocycles. The van der Waals surface area contributed by atoms with E-state index in [9.17, 15) is 18.4 Å². The number of nitrogens with one attached hydrogen (secondary N) is 1. The van der Waals surface area contributed by atoms with Gasteiger partial charge in [-0.1, -0.05) is 24.3 Å². The SMILES string of the molecule is CC(c1ccc(F)c(F)c1)N(C)C(=O)C1CCN(C(=O)Nc2ccccc2)CC1. The molecule has 1 atom stereocenters. The van der Waals surface area contributed by atoms with Crippen LogP contribution in [-0.2, 0) is 4.79 Å². The standard InChI is InChI=1S/C22H25F2N3O2/c1-15(17-8-9-19(23)20(24)14-17)26(2)21(28)16-10-12-27(13-11-16)22(29)25-18-6-4-3-5-7-18/h3-9,14-16H,10-13H2,1-2H3,(H,25,29). The van der Waals surface area contributed by atoms with Crippen LogP contribution in [0.15, 0.2) is 48.5 Å². The highest BCUT2D eigenvalue weighted by Gasteiger charge is 2.31. The van der Waals surface area contributed by atoms with Gasteiger partial charge in [0.05, 0.1) is 6.04 Å². The molecule has 7 heteroatoms. The van der Waals surface area contributed by atoms with Crippen LogP contribution in [0.3, 0.4) is 0 Å². The minimum Gasteiger partial charge on any atom is -0.339 e. The molecule has 1 aliphatic heterocycles. The summed E-state index contributed by atoms with van der Waals surface area (Å²) < 4.78 is 26.7. The molecule has 29 heavy (non-hydrogen) atoms. The summed E-state index contributed by atoms with van der Waals surface area (Å²) in [5.41, 5.74) is 1.27. The van der Waals surface area contributed by atoms with Crippen LogP contribution in [0.4, 0.5) is 19.3 Å². The number of likely N-dealkylation sites (tertiary alicyclic amines) is 1. The van der Waals surface area contributed by atoms with E-state index in [0.29, 0.717) is 31.5 Å². The largest absolute Gasteiger partial charge is 0.339 e. The fraction of sp³-hybridized carbons (Fsp3) is 0.364. The molecule has 3 amide bonds. The molecule has 1 unspecified atom stereocenters. The number of nitrogens with zero attached hydrogens (tertiary/aromatic N) is 2. The van der Waals surface area contributed by atoms with Gasteiger partial charge in [0.15, 0.2) is 11.6 Å². The van der Waals surface area contributed by atoms with E-state index in [2.05, 4.69) is 5.32 Å². The average molecular weight is 401 g/mol. The third-order valence-corrected chi connectivity index (χ3v) is 5.51. The Morgan fingerprint density at radius 1 is 1.07 bits per heavy atom. The number of rotatable bonds is 4. The Kier molecular flexibility index (Phi) is 6.46. The highest BCUT2D eigenvalue weighted by Crippen LogP contribution is 2.26. The molecule has 5 nitrogen and oxygen atoms in total. The number of urea groups is 1. The van der Waals surface area contributed by atoms with E-state index in [0.717, 1.165) is 17.8 Å². The van der Waals surface area contributed by atoms with Gasteiger partial charge in [0.2, 0.25) is 5.91 Å². The molecule has 0 radical (unpaired) electrons. The normalized spacial score (nSPS) is 15.7. The van der Waals surface area contributed by atoms with E-state index >= 15 is 0 Å². The predicted molar refractivity (Wildman–Crippen MR) is 107 cm³/mol. The quantitative estimate of drug-likeness (QED) is 0.824. The third-order valence-electron chi connectivity index (χ3n) is 5.51. The van der Waals surface area contributed by atoms with Crippen molar-refractivity contribution < 1.29 is 18.4 Å². The molecule has 1 heterocycles. The van der Waals surface area contributed by atoms with Crippen LogP contribution in [0.25, 0.3) is 0 Å². The van der Waals surface area contributed by atoms with Crippen LogP contribution < -0.4 is 5.32 Å². The highest BCUT2D eigenvalue weighted by molar-refractivity contribution is 5.89. The zero-order valence-electron chi connectivity index (χ0n) is 16.6. The maximum atomic E-state index is 13.5. The molecule has 1 aliphatic rings.